The highest BCUT2D eigenvalue weighted by molar-refractivity contribution is 5.85. The third-order valence-electron chi connectivity index (χ3n) is 4.08. The monoisotopic (exact) mass is 313 g/mol. The molecule has 0 aromatic rings. The molecule has 0 spiro atoms. The van der Waals surface area contributed by atoms with Crippen molar-refractivity contribution in [1.29, 1.82) is 0 Å². The third-order valence-corrected chi connectivity index (χ3v) is 4.08. The molecule has 1 rings (SSSR count). The first-order valence-electron chi connectivity index (χ1n) is 8.00. The molecule has 0 radical (unpaired) electrons. The summed E-state index contributed by atoms with van der Waals surface area (Å²) in [5.41, 5.74) is 5.39. The number of amides is 2. The zero-order valence-corrected chi connectivity index (χ0v) is 13.2. The van der Waals surface area contributed by atoms with E-state index in [0.29, 0.717) is 51.7 Å². The SMILES string of the molecule is CCC(=O)N1CCC(C(=O)N[C@@H](CCCCN)C(=O)O)CC1. The predicted octanol–water partition coefficient (Wildman–Crippen LogP) is 0.333. The van der Waals surface area contributed by atoms with E-state index in [1.54, 1.807) is 4.90 Å². The maximum atomic E-state index is 12.2. The Balaban J connectivity index is 2.43. The van der Waals surface area contributed by atoms with Gasteiger partial charge in [-0.25, -0.2) is 4.79 Å². The molecule has 1 saturated heterocycles. The molecule has 0 unspecified atom stereocenters. The fourth-order valence-electron chi connectivity index (χ4n) is 2.65. The maximum Gasteiger partial charge on any atom is 0.326 e. The number of carboxylic acid groups (broad SMARTS) is 1. The van der Waals surface area contributed by atoms with Crippen LogP contribution in [0.25, 0.3) is 0 Å². The lowest BCUT2D eigenvalue weighted by Crippen LogP contribution is -2.47. The molecular formula is C15H27N3O4. The number of carbonyl (C=O) groups is 3. The Morgan fingerprint density at radius 2 is 1.91 bits per heavy atom. The van der Waals surface area contributed by atoms with E-state index in [4.69, 9.17) is 10.8 Å². The summed E-state index contributed by atoms with van der Waals surface area (Å²) in [4.78, 5) is 36.7. The Labute approximate surface area is 131 Å². The number of likely N-dealkylation sites (tertiary alicyclic amines) is 1. The Kier molecular flexibility index (Phi) is 7.87. The van der Waals surface area contributed by atoms with Gasteiger partial charge in [-0.3, -0.25) is 9.59 Å². The van der Waals surface area contributed by atoms with Crippen LogP contribution in [0.1, 0.15) is 45.4 Å². The van der Waals surface area contributed by atoms with E-state index in [9.17, 15) is 14.4 Å². The normalized spacial score (nSPS) is 17.1. The molecule has 22 heavy (non-hydrogen) atoms. The zero-order valence-electron chi connectivity index (χ0n) is 13.2. The first-order valence-corrected chi connectivity index (χ1v) is 8.00. The number of piperidine rings is 1. The summed E-state index contributed by atoms with van der Waals surface area (Å²) in [7, 11) is 0. The van der Waals surface area contributed by atoms with Crippen LogP contribution in [0.4, 0.5) is 0 Å². The fourth-order valence-corrected chi connectivity index (χ4v) is 2.65. The molecule has 1 aliphatic rings. The van der Waals surface area contributed by atoms with E-state index in [0.717, 1.165) is 6.42 Å². The molecule has 1 aliphatic heterocycles. The van der Waals surface area contributed by atoms with Gasteiger partial charge in [-0.05, 0) is 38.6 Å². The first-order chi connectivity index (χ1) is 10.5. The number of unbranched alkanes of at least 4 members (excludes halogenated alkanes) is 1. The van der Waals surface area contributed by atoms with Crippen molar-refractivity contribution in [2.75, 3.05) is 19.6 Å². The molecule has 1 heterocycles. The minimum Gasteiger partial charge on any atom is -0.480 e. The second-order valence-corrected chi connectivity index (χ2v) is 5.69. The van der Waals surface area contributed by atoms with Gasteiger partial charge in [0, 0.05) is 25.4 Å². The molecule has 1 fully saturated rings. The van der Waals surface area contributed by atoms with Crippen LogP contribution in [-0.2, 0) is 14.4 Å². The van der Waals surface area contributed by atoms with Crippen molar-refractivity contribution in [3.8, 4) is 0 Å². The lowest BCUT2D eigenvalue weighted by Gasteiger charge is -2.31. The van der Waals surface area contributed by atoms with Crippen LogP contribution >= 0.6 is 0 Å². The van der Waals surface area contributed by atoms with Crippen molar-refractivity contribution >= 4 is 17.8 Å². The lowest BCUT2D eigenvalue weighted by molar-refractivity contribution is -0.143. The summed E-state index contributed by atoms with van der Waals surface area (Å²) < 4.78 is 0. The van der Waals surface area contributed by atoms with E-state index >= 15 is 0 Å². The number of aliphatic carboxylic acids is 1. The molecular weight excluding hydrogens is 286 g/mol. The van der Waals surface area contributed by atoms with Crippen molar-refractivity contribution in [3.63, 3.8) is 0 Å². The highest BCUT2D eigenvalue weighted by Gasteiger charge is 2.29. The number of nitrogens with one attached hydrogen (secondary N) is 1. The van der Waals surface area contributed by atoms with Gasteiger partial charge in [-0.15, -0.1) is 0 Å². The predicted molar refractivity (Wildman–Crippen MR) is 82.1 cm³/mol. The highest BCUT2D eigenvalue weighted by atomic mass is 16.4. The summed E-state index contributed by atoms with van der Waals surface area (Å²) in [5.74, 6) is -1.34. The Hall–Kier alpha value is -1.63. The van der Waals surface area contributed by atoms with Crippen molar-refractivity contribution in [1.82, 2.24) is 10.2 Å². The molecule has 7 nitrogen and oxygen atoms in total. The number of nitrogens with two attached hydrogens (primary N) is 1. The van der Waals surface area contributed by atoms with Crippen LogP contribution in [0.5, 0.6) is 0 Å². The van der Waals surface area contributed by atoms with E-state index in [1.165, 1.54) is 0 Å². The first kappa shape index (κ1) is 18.4. The van der Waals surface area contributed by atoms with E-state index in [2.05, 4.69) is 5.32 Å². The van der Waals surface area contributed by atoms with Gasteiger partial charge in [-0.2, -0.15) is 0 Å². The molecule has 2 amide bonds. The summed E-state index contributed by atoms with van der Waals surface area (Å²) in [6.07, 6.45) is 3.47. The second-order valence-electron chi connectivity index (χ2n) is 5.69. The maximum absolute atomic E-state index is 12.2. The van der Waals surface area contributed by atoms with Gasteiger partial charge in [0.25, 0.3) is 0 Å². The van der Waals surface area contributed by atoms with Gasteiger partial charge in [0.05, 0.1) is 0 Å². The summed E-state index contributed by atoms with van der Waals surface area (Å²) >= 11 is 0. The molecule has 7 heteroatoms. The number of rotatable bonds is 8. The van der Waals surface area contributed by atoms with Gasteiger partial charge in [0.1, 0.15) is 6.04 Å². The summed E-state index contributed by atoms with van der Waals surface area (Å²) in [5, 5.41) is 11.8. The van der Waals surface area contributed by atoms with Gasteiger partial charge in [-0.1, -0.05) is 6.92 Å². The molecule has 1 atom stereocenters. The second kappa shape index (κ2) is 9.40. The average molecular weight is 313 g/mol. The van der Waals surface area contributed by atoms with Crippen LogP contribution < -0.4 is 11.1 Å². The average Bonchev–Trinajstić information content (AvgIpc) is 2.53. The van der Waals surface area contributed by atoms with Gasteiger partial charge < -0.3 is 21.1 Å². The Bertz CT molecular complexity index is 392. The largest absolute Gasteiger partial charge is 0.480 e. The highest BCUT2D eigenvalue weighted by Crippen LogP contribution is 2.18. The molecule has 0 aliphatic carbocycles. The smallest absolute Gasteiger partial charge is 0.326 e. The van der Waals surface area contributed by atoms with Crippen LogP contribution in [0.15, 0.2) is 0 Å². The van der Waals surface area contributed by atoms with Crippen LogP contribution in [-0.4, -0.2) is 53.5 Å². The topological polar surface area (TPSA) is 113 Å². The standard InChI is InChI=1S/C15H27N3O4/c1-2-13(19)18-9-6-11(7-10-18)14(20)17-12(15(21)22)5-3-4-8-16/h11-12H,2-10,16H2,1H3,(H,17,20)(H,21,22)/t12-/m0/s1. The van der Waals surface area contributed by atoms with Crippen molar-refractivity contribution < 1.29 is 19.5 Å². The molecule has 0 aromatic carbocycles. The van der Waals surface area contributed by atoms with Gasteiger partial charge in [0.2, 0.25) is 11.8 Å². The number of hydrogen-bond acceptors (Lipinski definition) is 4. The number of carbonyl (C=O) groups excluding carboxylic acids is 2. The minimum atomic E-state index is -1.01. The quantitative estimate of drug-likeness (QED) is 0.559. The van der Waals surface area contributed by atoms with Crippen LogP contribution in [0, 0.1) is 5.92 Å². The molecule has 0 bridgehead atoms. The minimum absolute atomic E-state index is 0.101. The molecule has 0 saturated carbocycles. The molecule has 0 aromatic heterocycles. The summed E-state index contributed by atoms with van der Waals surface area (Å²) in [6, 6.07) is -0.852. The van der Waals surface area contributed by atoms with Crippen molar-refractivity contribution in [2.45, 2.75) is 51.5 Å². The number of nitrogens with zero attached hydrogens (tertiary/aromatic N) is 1. The van der Waals surface area contributed by atoms with E-state index in [-0.39, 0.29) is 17.7 Å². The van der Waals surface area contributed by atoms with E-state index < -0.39 is 12.0 Å². The van der Waals surface area contributed by atoms with Crippen molar-refractivity contribution in [2.24, 2.45) is 11.7 Å². The molecule has 4 N–H and O–H groups in total. The van der Waals surface area contributed by atoms with Crippen LogP contribution in [0.2, 0.25) is 0 Å². The zero-order chi connectivity index (χ0) is 16.5. The van der Waals surface area contributed by atoms with Gasteiger partial charge >= 0.3 is 5.97 Å². The van der Waals surface area contributed by atoms with Crippen molar-refractivity contribution in [3.05, 3.63) is 0 Å². The number of hydrogen-bond donors (Lipinski definition) is 3. The fraction of sp³-hybridized carbons (Fsp3) is 0.800. The van der Waals surface area contributed by atoms with Gasteiger partial charge in [0.15, 0.2) is 0 Å². The molecule has 126 valence electrons. The lowest BCUT2D eigenvalue weighted by atomic mass is 9.95. The third kappa shape index (κ3) is 5.63. The Morgan fingerprint density at radius 1 is 1.27 bits per heavy atom. The van der Waals surface area contributed by atoms with E-state index in [1.807, 2.05) is 6.92 Å². The van der Waals surface area contributed by atoms with Crippen LogP contribution in [0.3, 0.4) is 0 Å². The Morgan fingerprint density at radius 3 is 2.41 bits per heavy atom. The summed E-state index contributed by atoms with van der Waals surface area (Å²) in [6.45, 7) is 3.47. The number of carboxylic acids is 1.